The summed E-state index contributed by atoms with van der Waals surface area (Å²) in [6.45, 7) is 1.93. The quantitative estimate of drug-likeness (QED) is 0.487. The Morgan fingerprint density at radius 2 is 1.78 bits per heavy atom. The summed E-state index contributed by atoms with van der Waals surface area (Å²) in [5.74, 6) is 5.60. The van der Waals surface area contributed by atoms with Gasteiger partial charge in [0.05, 0.1) is 0 Å². The Morgan fingerprint density at radius 1 is 1.07 bits per heavy atom. The van der Waals surface area contributed by atoms with Crippen molar-refractivity contribution in [3.8, 4) is 11.8 Å². The van der Waals surface area contributed by atoms with Gasteiger partial charge in [-0.1, -0.05) is 58.7 Å². The van der Waals surface area contributed by atoms with E-state index in [4.69, 9.17) is 9.68 Å². The van der Waals surface area contributed by atoms with E-state index in [0.29, 0.717) is 11.3 Å². The Kier molecular flexibility index (Phi) is 7.61. The fourth-order valence-electron chi connectivity index (χ4n) is 2.21. The first-order valence-electron chi connectivity index (χ1n) is 8.30. The minimum Gasteiger partial charge on any atom is -0.398 e. The predicted octanol–water partition coefficient (Wildman–Crippen LogP) is 2.73. The van der Waals surface area contributed by atoms with Crippen LogP contribution in [0.15, 0.2) is 64.9 Å². The van der Waals surface area contributed by atoms with Crippen molar-refractivity contribution in [2.24, 2.45) is 10.3 Å². The van der Waals surface area contributed by atoms with Crippen LogP contribution >= 0.6 is 0 Å². The first-order chi connectivity index (χ1) is 13.2. The van der Waals surface area contributed by atoms with Gasteiger partial charge in [-0.25, -0.2) is 0 Å². The Bertz CT molecular complexity index is 894. The smallest absolute Gasteiger partial charge is 0.273 e. The molecule has 27 heavy (non-hydrogen) atoms. The molecule has 0 aromatic heterocycles. The number of nitrogens with zero attached hydrogens (tertiary/aromatic N) is 2. The van der Waals surface area contributed by atoms with Gasteiger partial charge in [-0.2, -0.15) is 0 Å². The van der Waals surface area contributed by atoms with Crippen LogP contribution in [0.1, 0.15) is 23.6 Å². The van der Waals surface area contributed by atoms with Gasteiger partial charge in [0.25, 0.3) is 5.91 Å². The summed E-state index contributed by atoms with van der Waals surface area (Å²) in [5, 5.41) is 10.4. The number of rotatable bonds is 6. The molecule has 0 aliphatic carbocycles. The van der Waals surface area contributed by atoms with Crippen LogP contribution < -0.4 is 5.32 Å². The van der Waals surface area contributed by atoms with Crippen molar-refractivity contribution in [2.45, 2.75) is 13.5 Å². The minimum absolute atomic E-state index is 0.167. The number of hydrogen-bond acceptors (Lipinski definition) is 5. The Morgan fingerprint density at radius 3 is 2.48 bits per heavy atom. The molecular formula is C21H21N3O3. The molecule has 2 aromatic rings. The third-order valence-electron chi connectivity index (χ3n) is 3.48. The highest BCUT2D eigenvalue weighted by Crippen LogP contribution is 2.12. The third kappa shape index (κ3) is 6.01. The summed E-state index contributed by atoms with van der Waals surface area (Å²) in [4.78, 5) is 22.3. The monoisotopic (exact) mass is 363 g/mol. The number of carbonyl (C=O) groups excluding carboxylic acids is 1. The first kappa shape index (κ1) is 19.7. The van der Waals surface area contributed by atoms with Crippen molar-refractivity contribution < 1.29 is 14.5 Å². The fourth-order valence-corrected chi connectivity index (χ4v) is 2.21. The third-order valence-corrected chi connectivity index (χ3v) is 3.48. The van der Waals surface area contributed by atoms with E-state index in [-0.39, 0.29) is 18.2 Å². The zero-order valence-corrected chi connectivity index (χ0v) is 15.5. The van der Waals surface area contributed by atoms with Crippen LogP contribution in [0.25, 0.3) is 0 Å². The fraction of sp³-hybridized carbons (Fsp3) is 0.190. The summed E-state index contributed by atoms with van der Waals surface area (Å²) in [5.41, 5.74) is 2.99. The number of likely N-dealkylation sites (N-methyl/N-ethyl adjacent to an activating group) is 1. The second-order valence-electron chi connectivity index (χ2n) is 5.42. The van der Waals surface area contributed by atoms with Crippen LogP contribution in [-0.4, -0.2) is 31.5 Å². The van der Waals surface area contributed by atoms with Crippen molar-refractivity contribution in [1.82, 2.24) is 5.32 Å². The molecule has 1 amide bonds. The summed E-state index contributed by atoms with van der Waals surface area (Å²) < 4.78 is 0. The van der Waals surface area contributed by atoms with E-state index in [1.54, 1.807) is 13.0 Å². The molecule has 6 heteroatoms. The van der Waals surface area contributed by atoms with Gasteiger partial charge in [0.1, 0.15) is 19.4 Å². The Hall–Kier alpha value is -3.59. The molecule has 0 bridgehead atoms. The Labute approximate surface area is 158 Å². The molecule has 0 heterocycles. The van der Waals surface area contributed by atoms with E-state index in [0.717, 1.165) is 11.1 Å². The maximum absolute atomic E-state index is 12.0. The first-order valence-corrected chi connectivity index (χ1v) is 8.30. The molecule has 0 aliphatic rings. The lowest BCUT2D eigenvalue weighted by Gasteiger charge is -2.09. The van der Waals surface area contributed by atoms with E-state index in [1.165, 1.54) is 14.2 Å². The molecule has 0 unspecified atom stereocenters. The molecule has 0 aliphatic heterocycles. The number of oxime groups is 2. The van der Waals surface area contributed by atoms with Gasteiger partial charge in [-0.15, -0.1) is 0 Å². The minimum atomic E-state index is -0.349. The van der Waals surface area contributed by atoms with Crippen LogP contribution in [0.2, 0.25) is 0 Å². The van der Waals surface area contributed by atoms with Crippen molar-refractivity contribution in [2.75, 3.05) is 14.2 Å². The van der Waals surface area contributed by atoms with Crippen molar-refractivity contribution in [1.29, 1.82) is 0 Å². The summed E-state index contributed by atoms with van der Waals surface area (Å²) in [6, 6.07) is 16.9. The summed E-state index contributed by atoms with van der Waals surface area (Å²) >= 11 is 0. The number of carbonyl (C=O) groups is 1. The van der Waals surface area contributed by atoms with Gasteiger partial charge >= 0.3 is 0 Å². The molecule has 6 nitrogen and oxygen atoms in total. The lowest BCUT2D eigenvalue weighted by molar-refractivity contribution is -0.114. The molecule has 138 valence electrons. The zero-order chi connectivity index (χ0) is 19.5. The summed E-state index contributed by atoms with van der Waals surface area (Å²) in [6.07, 6.45) is 0. The van der Waals surface area contributed by atoms with E-state index >= 15 is 0 Å². The maximum atomic E-state index is 12.0. The van der Waals surface area contributed by atoms with Crippen molar-refractivity contribution in [3.05, 3.63) is 71.3 Å². The lowest BCUT2D eigenvalue weighted by Crippen LogP contribution is -2.29. The summed E-state index contributed by atoms with van der Waals surface area (Å²) in [7, 11) is 2.92. The van der Waals surface area contributed by atoms with Crippen LogP contribution in [0.5, 0.6) is 0 Å². The van der Waals surface area contributed by atoms with E-state index in [1.807, 2.05) is 48.5 Å². The highest BCUT2D eigenvalue weighted by Gasteiger charge is 2.17. The molecule has 2 aromatic carbocycles. The predicted molar refractivity (Wildman–Crippen MR) is 105 cm³/mol. The van der Waals surface area contributed by atoms with Crippen molar-refractivity contribution in [3.63, 3.8) is 0 Å². The molecule has 2 rings (SSSR count). The molecule has 0 fully saturated rings. The van der Waals surface area contributed by atoms with E-state index in [9.17, 15) is 4.79 Å². The van der Waals surface area contributed by atoms with Gasteiger partial charge in [-0.3, -0.25) is 4.79 Å². The second-order valence-corrected chi connectivity index (χ2v) is 5.42. The van der Waals surface area contributed by atoms with Crippen LogP contribution in [-0.2, 0) is 21.1 Å². The molecule has 0 radical (unpaired) electrons. The van der Waals surface area contributed by atoms with E-state index in [2.05, 4.69) is 27.5 Å². The molecular weight excluding hydrogens is 342 g/mol. The lowest BCUT2D eigenvalue weighted by atomic mass is 10.0. The SMILES string of the molecule is CNC(=O)/C(=N/OC)c1ccccc1CO/N=C(\C)C#Cc1ccccc1. The average Bonchev–Trinajstić information content (AvgIpc) is 2.71. The van der Waals surface area contributed by atoms with Gasteiger partial charge < -0.3 is 15.0 Å². The largest absolute Gasteiger partial charge is 0.398 e. The van der Waals surface area contributed by atoms with Crippen LogP contribution in [0.4, 0.5) is 0 Å². The molecule has 1 N–H and O–H groups in total. The average molecular weight is 363 g/mol. The number of hydrogen-bond donors (Lipinski definition) is 1. The number of nitrogens with one attached hydrogen (secondary N) is 1. The molecule has 0 saturated heterocycles. The molecule has 0 atom stereocenters. The zero-order valence-electron chi connectivity index (χ0n) is 15.5. The highest BCUT2D eigenvalue weighted by molar-refractivity contribution is 6.45. The number of amides is 1. The van der Waals surface area contributed by atoms with Gasteiger partial charge in [0.15, 0.2) is 5.71 Å². The number of benzene rings is 2. The van der Waals surface area contributed by atoms with Gasteiger partial charge in [0.2, 0.25) is 0 Å². The molecule has 0 spiro atoms. The second kappa shape index (κ2) is 10.4. The topological polar surface area (TPSA) is 72.3 Å². The maximum Gasteiger partial charge on any atom is 0.273 e. The molecule has 0 saturated carbocycles. The normalized spacial score (nSPS) is 11.2. The van der Waals surface area contributed by atoms with Crippen LogP contribution in [0.3, 0.4) is 0 Å². The van der Waals surface area contributed by atoms with E-state index < -0.39 is 0 Å². The Balaban J connectivity index is 2.11. The highest BCUT2D eigenvalue weighted by atomic mass is 16.6. The van der Waals surface area contributed by atoms with Crippen LogP contribution in [0, 0.1) is 11.8 Å². The van der Waals surface area contributed by atoms with Gasteiger partial charge in [-0.05, 0) is 25.0 Å². The van der Waals surface area contributed by atoms with Gasteiger partial charge in [0, 0.05) is 23.7 Å². The standard InChI is InChI=1S/C21H21N3O3/c1-16(13-14-17-9-5-4-6-10-17)23-27-15-18-11-7-8-12-19(18)20(24-26-3)21(25)22-2/h4-12H,15H2,1-3H3,(H,22,25)/b23-16+,24-20+. The van der Waals surface area contributed by atoms with Crippen molar-refractivity contribution >= 4 is 17.3 Å².